The van der Waals surface area contributed by atoms with E-state index in [-0.39, 0.29) is 5.78 Å². The van der Waals surface area contributed by atoms with Gasteiger partial charge in [-0.25, -0.2) is 0 Å². The highest BCUT2D eigenvalue weighted by atomic mass is 16.5. The Morgan fingerprint density at radius 2 is 1.90 bits per heavy atom. The lowest BCUT2D eigenvalue weighted by Gasteiger charge is -2.04. The summed E-state index contributed by atoms with van der Waals surface area (Å²) >= 11 is 0. The molecule has 0 atom stereocenters. The SMILES string of the molecule is CCc1cc2cccc(C(=O)c3ccc(OC)cc3)c2o1. The molecule has 3 rings (SSSR count). The molecule has 0 aliphatic rings. The molecule has 1 heterocycles. The molecule has 3 aromatic rings. The molecule has 0 saturated carbocycles. The molecule has 0 fully saturated rings. The predicted molar refractivity (Wildman–Crippen MR) is 82.0 cm³/mol. The summed E-state index contributed by atoms with van der Waals surface area (Å²) in [5.41, 5.74) is 1.88. The maximum Gasteiger partial charge on any atom is 0.196 e. The molecule has 106 valence electrons. The van der Waals surface area contributed by atoms with Gasteiger partial charge < -0.3 is 9.15 Å². The number of methoxy groups -OCH3 is 1. The molecule has 0 N–H and O–H groups in total. The van der Waals surface area contributed by atoms with Gasteiger partial charge >= 0.3 is 0 Å². The van der Waals surface area contributed by atoms with E-state index < -0.39 is 0 Å². The van der Waals surface area contributed by atoms with E-state index in [1.165, 1.54) is 0 Å². The highest BCUT2D eigenvalue weighted by molar-refractivity contribution is 6.15. The van der Waals surface area contributed by atoms with Gasteiger partial charge in [-0.3, -0.25) is 4.79 Å². The lowest BCUT2D eigenvalue weighted by atomic mass is 10.0. The Labute approximate surface area is 123 Å². The zero-order chi connectivity index (χ0) is 14.8. The van der Waals surface area contributed by atoms with Gasteiger partial charge in [0.2, 0.25) is 0 Å². The second-order valence-electron chi connectivity index (χ2n) is 4.85. The Balaban J connectivity index is 2.06. The van der Waals surface area contributed by atoms with Crippen molar-refractivity contribution in [2.75, 3.05) is 7.11 Å². The van der Waals surface area contributed by atoms with Crippen LogP contribution in [0.5, 0.6) is 5.75 Å². The smallest absolute Gasteiger partial charge is 0.196 e. The molecule has 0 saturated heterocycles. The third-order valence-corrected chi connectivity index (χ3v) is 3.54. The Kier molecular flexibility index (Phi) is 3.48. The van der Waals surface area contributed by atoms with E-state index in [1.54, 1.807) is 37.4 Å². The molecule has 3 nitrogen and oxygen atoms in total. The van der Waals surface area contributed by atoms with Crippen LogP contribution in [-0.2, 0) is 6.42 Å². The van der Waals surface area contributed by atoms with Crippen molar-refractivity contribution < 1.29 is 13.9 Å². The topological polar surface area (TPSA) is 39.4 Å². The van der Waals surface area contributed by atoms with Crippen LogP contribution < -0.4 is 4.74 Å². The van der Waals surface area contributed by atoms with E-state index >= 15 is 0 Å². The van der Waals surface area contributed by atoms with E-state index in [9.17, 15) is 4.79 Å². The molecular weight excluding hydrogens is 264 g/mol. The Hall–Kier alpha value is -2.55. The first-order chi connectivity index (χ1) is 10.2. The minimum absolute atomic E-state index is 0.0414. The third-order valence-electron chi connectivity index (χ3n) is 3.54. The van der Waals surface area contributed by atoms with E-state index in [0.717, 1.165) is 23.3 Å². The van der Waals surface area contributed by atoms with Gasteiger partial charge in [-0.2, -0.15) is 0 Å². The Morgan fingerprint density at radius 1 is 1.14 bits per heavy atom. The molecule has 0 aliphatic heterocycles. The number of carbonyl (C=O) groups is 1. The summed E-state index contributed by atoms with van der Waals surface area (Å²) in [5, 5.41) is 0.964. The van der Waals surface area contributed by atoms with Crippen LogP contribution >= 0.6 is 0 Å². The summed E-state index contributed by atoms with van der Waals surface area (Å²) in [6.07, 6.45) is 0.810. The van der Waals surface area contributed by atoms with Gasteiger partial charge in [-0.05, 0) is 36.4 Å². The first-order valence-electron chi connectivity index (χ1n) is 6.93. The van der Waals surface area contributed by atoms with Crippen molar-refractivity contribution in [1.82, 2.24) is 0 Å². The number of benzene rings is 2. The van der Waals surface area contributed by atoms with E-state index in [1.807, 2.05) is 25.1 Å². The predicted octanol–water partition coefficient (Wildman–Crippen LogP) is 4.23. The molecule has 0 aliphatic carbocycles. The summed E-state index contributed by atoms with van der Waals surface area (Å²) in [5.74, 6) is 1.58. The molecule has 0 radical (unpaired) electrons. The number of fused-ring (bicyclic) bond motifs is 1. The quantitative estimate of drug-likeness (QED) is 0.671. The number of hydrogen-bond acceptors (Lipinski definition) is 3. The van der Waals surface area contributed by atoms with Gasteiger partial charge in [0.05, 0.1) is 12.7 Å². The molecule has 0 amide bonds. The monoisotopic (exact) mass is 280 g/mol. The molecule has 21 heavy (non-hydrogen) atoms. The van der Waals surface area contributed by atoms with Gasteiger partial charge in [0.15, 0.2) is 5.78 Å². The lowest BCUT2D eigenvalue weighted by molar-refractivity contribution is 0.103. The van der Waals surface area contributed by atoms with Crippen LogP contribution in [0.1, 0.15) is 28.6 Å². The van der Waals surface area contributed by atoms with Crippen LogP contribution in [0.3, 0.4) is 0 Å². The second-order valence-corrected chi connectivity index (χ2v) is 4.85. The molecule has 0 spiro atoms. The Bertz CT molecular complexity index is 782. The van der Waals surface area contributed by atoms with Crippen LogP contribution in [0.25, 0.3) is 11.0 Å². The van der Waals surface area contributed by atoms with Gasteiger partial charge in [0, 0.05) is 17.4 Å². The molecular formula is C18H16O3. The number of aryl methyl sites for hydroxylation is 1. The first kappa shape index (κ1) is 13.4. The zero-order valence-corrected chi connectivity index (χ0v) is 12.1. The van der Waals surface area contributed by atoms with Crippen molar-refractivity contribution in [3.63, 3.8) is 0 Å². The number of rotatable bonds is 4. The highest BCUT2D eigenvalue weighted by Gasteiger charge is 2.15. The van der Waals surface area contributed by atoms with Crippen molar-refractivity contribution in [3.05, 3.63) is 65.4 Å². The van der Waals surface area contributed by atoms with Crippen molar-refractivity contribution in [2.45, 2.75) is 13.3 Å². The van der Waals surface area contributed by atoms with E-state index in [2.05, 4.69) is 0 Å². The van der Waals surface area contributed by atoms with Crippen molar-refractivity contribution in [3.8, 4) is 5.75 Å². The Morgan fingerprint density at radius 3 is 2.57 bits per heavy atom. The number of ether oxygens (including phenoxy) is 1. The van der Waals surface area contributed by atoms with E-state index in [4.69, 9.17) is 9.15 Å². The number of furan rings is 1. The van der Waals surface area contributed by atoms with Gasteiger partial charge in [-0.15, -0.1) is 0 Å². The van der Waals surface area contributed by atoms with E-state index in [0.29, 0.717) is 16.7 Å². The summed E-state index contributed by atoms with van der Waals surface area (Å²) in [6, 6.07) is 14.7. The summed E-state index contributed by atoms with van der Waals surface area (Å²) in [4.78, 5) is 12.7. The largest absolute Gasteiger partial charge is 0.497 e. The minimum atomic E-state index is -0.0414. The normalized spacial score (nSPS) is 10.8. The maximum absolute atomic E-state index is 12.7. The van der Waals surface area contributed by atoms with Crippen LogP contribution in [0.4, 0.5) is 0 Å². The number of ketones is 1. The molecule has 0 bridgehead atoms. The third kappa shape index (κ3) is 2.42. The molecule has 1 aromatic heterocycles. The fourth-order valence-corrected chi connectivity index (χ4v) is 2.37. The molecule has 3 heteroatoms. The number of carbonyl (C=O) groups excluding carboxylic acids is 1. The standard InChI is InChI=1S/C18H16O3/c1-3-14-11-13-5-4-6-16(18(13)21-14)17(19)12-7-9-15(20-2)10-8-12/h4-11H,3H2,1-2H3. The summed E-state index contributed by atoms with van der Waals surface area (Å²) in [6.45, 7) is 2.03. The summed E-state index contributed by atoms with van der Waals surface area (Å²) in [7, 11) is 1.60. The second kappa shape index (κ2) is 5.44. The highest BCUT2D eigenvalue weighted by Crippen LogP contribution is 2.26. The average molecular weight is 280 g/mol. The fraction of sp³-hybridized carbons (Fsp3) is 0.167. The van der Waals surface area contributed by atoms with Crippen LogP contribution in [0.15, 0.2) is 52.9 Å². The lowest BCUT2D eigenvalue weighted by Crippen LogP contribution is -2.01. The first-order valence-corrected chi connectivity index (χ1v) is 6.93. The molecule has 2 aromatic carbocycles. The van der Waals surface area contributed by atoms with Crippen molar-refractivity contribution in [1.29, 1.82) is 0 Å². The number of hydrogen-bond donors (Lipinski definition) is 0. The minimum Gasteiger partial charge on any atom is -0.497 e. The van der Waals surface area contributed by atoms with Gasteiger partial charge in [0.1, 0.15) is 17.1 Å². The van der Waals surface area contributed by atoms with Gasteiger partial charge in [-0.1, -0.05) is 19.1 Å². The van der Waals surface area contributed by atoms with Crippen LogP contribution in [0, 0.1) is 0 Å². The fourth-order valence-electron chi connectivity index (χ4n) is 2.37. The summed E-state index contributed by atoms with van der Waals surface area (Å²) < 4.78 is 10.9. The molecule has 0 unspecified atom stereocenters. The zero-order valence-electron chi connectivity index (χ0n) is 12.1. The van der Waals surface area contributed by atoms with Gasteiger partial charge in [0.25, 0.3) is 0 Å². The van der Waals surface area contributed by atoms with Crippen molar-refractivity contribution in [2.24, 2.45) is 0 Å². The van der Waals surface area contributed by atoms with Crippen LogP contribution in [-0.4, -0.2) is 12.9 Å². The number of para-hydroxylation sites is 1. The van der Waals surface area contributed by atoms with Crippen molar-refractivity contribution >= 4 is 16.8 Å². The average Bonchev–Trinajstić information content (AvgIpc) is 2.97. The maximum atomic E-state index is 12.7. The van der Waals surface area contributed by atoms with Crippen LogP contribution in [0.2, 0.25) is 0 Å².